The standard InChI is InChI=1S/C22H31NO10/c24-17-8-4-5-9-18(17)32-12-6-2-1-3-7-16(20(26)27)22(30,21(28)29)15-19(25)33-23-10-13-31-14-11-23/h4-5,8-9,16,24,30H,1-3,6-7,10-15H2,(H,26,27)(H,28,29). The van der Waals surface area contributed by atoms with Gasteiger partial charge in [-0.1, -0.05) is 31.4 Å². The summed E-state index contributed by atoms with van der Waals surface area (Å²) >= 11 is 0. The average molecular weight is 469 g/mol. The first-order valence-corrected chi connectivity index (χ1v) is 10.9. The molecule has 1 aliphatic rings. The van der Waals surface area contributed by atoms with E-state index in [-0.39, 0.29) is 12.2 Å². The zero-order chi connectivity index (χ0) is 24.3. The fourth-order valence-electron chi connectivity index (χ4n) is 3.51. The van der Waals surface area contributed by atoms with Crippen molar-refractivity contribution in [2.45, 2.75) is 44.1 Å². The van der Waals surface area contributed by atoms with Gasteiger partial charge in [-0.05, 0) is 25.0 Å². The lowest BCUT2D eigenvalue weighted by Crippen LogP contribution is -2.51. The van der Waals surface area contributed by atoms with Crippen LogP contribution in [0.5, 0.6) is 11.5 Å². The molecule has 1 aromatic rings. The van der Waals surface area contributed by atoms with Crippen molar-refractivity contribution in [3.05, 3.63) is 24.3 Å². The number of rotatable bonds is 14. The third-order valence-corrected chi connectivity index (χ3v) is 5.37. The number of carbonyl (C=O) groups is 3. The Balaban J connectivity index is 1.80. The Hall–Kier alpha value is -2.89. The number of hydrogen-bond donors (Lipinski definition) is 4. The van der Waals surface area contributed by atoms with Gasteiger partial charge in [0.1, 0.15) is 0 Å². The van der Waals surface area contributed by atoms with Crippen LogP contribution in [0.1, 0.15) is 38.5 Å². The summed E-state index contributed by atoms with van der Waals surface area (Å²) in [6.07, 6.45) is 1.11. The van der Waals surface area contributed by atoms with Gasteiger partial charge in [-0.25, -0.2) is 4.79 Å². The zero-order valence-electron chi connectivity index (χ0n) is 18.4. The number of hydroxylamine groups is 2. The third kappa shape index (κ3) is 8.19. The Morgan fingerprint density at radius 1 is 1.06 bits per heavy atom. The molecule has 0 radical (unpaired) electrons. The second-order valence-electron chi connectivity index (χ2n) is 7.82. The molecule has 0 amide bonds. The van der Waals surface area contributed by atoms with E-state index < -0.39 is 35.8 Å². The largest absolute Gasteiger partial charge is 0.504 e. The highest BCUT2D eigenvalue weighted by Gasteiger charge is 2.50. The predicted molar refractivity (Wildman–Crippen MR) is 113 cm³/mol. The molecule has 11 heteroatoms. The van der Waals surface area contributed by atoms with Gasteiger partial charge in [-0.15, -0.1) is 5.06 Å². The summed E-state index contributed by atoms with van der Waals surface area (Å²) in [5, 5.41) is 40.6. The normalized spacial score (nSPS) is 17.0. The molecule has 1 aromatic carbocycles. The van der Waals surface area contributed by atoms with Crippen molar-refractivity contribution in [1.29, 1.82) is 0 Å². The first-order valence-electron chi connectivity index (χ1n) is 10.9. The molecule has 0 bridgehead atoms. The summed E-state index contributed by atoms with van der Waals surface area (Å²) in [4.78, 5) is 40.7. The Morgan fingerprint density at radius 2 is 1.73 bits per heavy atom. The highest BCUT2D eigenvalue weighted by atomic mass is 16.7. The van der Waals surface area contributed by atoms with Gasteiger partial charge >= 0.3 is 17.9 Å². The number of aliphatic hydroxyl groups is 1. The van der Waals surface area contributed by atoms with Crippen LogP contribution >= 0.6 is 0 Å². The van der Waals surface area contributed by atoms with Gasteiger partial charge < -0.3 is 34.7 Å². The van der Waals surface area contributed by atoms with E-state index in [9.17, 15) is 34.8 Å². The van der Waals surface area contributed by atoms with Crippen LogP contribution in [-0.4, -0.2) is 81.9 Å². The lowest BCUT2D eigenvalue weighted by atomic mass is 9.81. The van der Waals surface area contributed by atoms with E-state index in [0.29, 0.717) is 64.3 Å². The summed E-state index contributed by atoms with van der Waals surface area (Å²) in [5.41, 5.74) is -2.79. The number of morpholine rings is 1. The first kappa shape index (κ1) is 26.4. The molecule has 2 atom stereocenters. The van der Waals surface area contributed by atoms with E-state index in [0.717, 1.165) is 0 Å². The Morgan fingerprint density at radius 3 is 2.36 bits per heavy atom. The molecule has 11 nitrogen and oxygen atoms in total. The summed E-state index contributed by atoms with van der Waals surface area (Å²) in [7, 11) is 0. The van der Waals surface area contributed by atoms with Gasteiger partial charge in [-0.2, -0.15) is 0 Å². The minimum absolute atomic E-state index is 0.0434. The molecule has 2 rings (SSSR count). The molecule has 1 heterocycles. The van der Waals surface area contributed by atoms with Crippen molar-refractivity contribution in [3.8, 4) is 11.5 Å². The molecule has 4 N–H and O–H groups in total. The predicted octanol–water partition coefficient (Wildman–Crippen LogP) is 1.42. The first-order chi connectivity index (χ1) is 15.7. The molecule has 2 unspecified atom stereocenters. The quantitative estimate of drug-likeness (QED) is 0.291. The molecular formula is C22H31NO10. The maximum absolute atomic E-state index is 12.2. The maximum Gasteiger partial charge on any atom is 0.337 e. The highest BCUT2D eigenvalue weighted by molar-refractivity contribution is 5.90. The SMILES string of the molecule is O=C(CC(O)(C(=O)O)C(CCCCCCOc1ccccc1O)C(=O)O)ON1CCOCC1. The molecule has 0 spiro atoms. The van der Waals surface area contributed by atoms with Crippen molar-refractivity contribution < 1.29 is 49.1 Å². The average Bonchev–Trinajstić information content (AvgIpc) is 2.76. The molecule has 33 heavy (non-hydrogen) atoms. The topological polar surface area (TPSA) is 163 Å². The number of unbranched alkanes of at least 4 members (excludes halogenated alkanes) is 3. The van der Waals surface area contributed by atoms with Crippen LogP contribution in [0, 0.1) is 5.92 Å². The number of carboxylic acids is 2. The maximum atomic E-state index is 12.2. The van der Waals surface area contributed by atoms with Crippen LogP contribution < -0.4 is 4.74 Å². The number of benzene rings is 1. The molecule has 0 aliphatic carbocycles. The van der Waals surface area contributed by atoms with Crippen LogP contribution in [0.4, 0.5) is 0 Å². The van der Waals surface area contributed by atoms with Gasteiger partial charge in [0.15, 0.2) is 17.1 Å². The summed E-state index contributed by atoms with van der Waals surface area (Å²) in [5.74, 6) is -5.56. The number of aromatic hydroxyl groups is 1. The van der Waals surface area contributed by atoms with Crippen LogP contribution in [0.3, 0.4) is 0 Å². The Bertz CT molecular complexity index is 795. The highest BCUT2D eigenvalue weighted by Crippen LogP contribution is 2.29. The molecule has 1 fully saturated rings. The number of aliphatic carboxylic acids is 2. The molecule has 1 aliphatic heterocycles. The minimum Gasteiger partial charge on any atom is -0.504 e. The Labute approximate surface area is 191 Å². The molecule has 0 saturated carbocycles. The summed E-state index contributed by atoms with van der Waals surface area (Å²) < 4.78 is 10.6. The summed E-state index contributed by atoms with van der Waals surface area (Å²) in [6, 6.07) is 6.58. The van der Waals surface area contributed by atoms with Gasteiger partial charge in [0.2, 0.25) is 0 Å². The number of ether oxygens (including phenoxy) is 2. The number of para-hydroxylation sites is 2. The van der Waals surface area contributed by atoms with Crippen LogP contribution in [0.15, 0.2) is 24.3 Å². The van der Waals surface area contributed by atoms with Crippen molar-refractivity contribution in [1.82, 2.24) is 5.06 Å². The van der Waals surface area contributed by atoms with Gasteiger partial charge in [0.05, 0.1) is 45.2 Å². The smallest absolute Gasteiger partial charge is 0.337 e. The number of carboxylic acid groups (broad SMARTS) is 2. The number of nitrogens with zero attached hydrogens (tertiary/aromatic N) is 1. The van der Waals surface area contributed by atoms with Gasteiger partial charge in [0, 0.05) is 0 Å². The van der Waals surface area contributed by atoms with Crippen LogP contribution in [0.2, 0.25) is 0 Å². The molecule has 1 saturated heterocycles. The van der Waals surface area contributed by atoms with E-state index in [1.807, 2.05) is 0 Å². The number of hydrogen-bond acceptors (Lipinski definition) is 9. The number of carbonyl (C=O) groups excluding carboxylic acids is 1. The van der Waals surface area contributed by atoms with Crippen LogP contribution in [-0.2, 0) is 24.0 Å². The second kappa shape index (κ2) is 13.0. The van der Waals surface area contributed by atoms with Gasteiger partial charge in [-0.3, -0.25) is 9.59 Å². The lowest BCUT2D eigenvalue weighted by molar-refractivity contribution is -0.213. The van der Waals surface area contributed by atoms with Crippen molar-refractivity contribution in [2.24, 2.45) is 5.92 Å². The zero-order valence-corrected chi connectivity index (χ0v) is 18.4. The van der Waals surface area contributed by atoms with Crippen molar-refractivity contribution in [3.63, 3.8) is 0 Å². The fourth-order valence-corrected chi connectivity index (χ4v) is 3.51. The number of phenolic OH excluding ortho intramolecular Hbond substituents is 1. The van der Waals surface area contributed by atoms with E-state index in [1.54, 1.807) is 18.2 Å². The summed E-state index contributed by atoms with van der Waals surface area (Å²) in [6.45, 7) is 1.63. The van der Waals surface area contributed by atoms with Crippen LogP contribution in [0.25, 0.3) is 0 Å². The Kier molecular flexibility index (Phi) is 10.4. The molecule has 0 aromatic heterocycles. The van der Waals surface area contributed by atoms with Crippen molar-refractivity contribution >= 4 is 17.9 Å². The second-order valence-corrected chi connectivity index (χ2v) is 7.82. The molecular weight excluding hydrogens is 438 g/mol. The van der Waals surface area contributed by atoms with E-state index in [1.165, 1.54) is 11.1 Å². The van der Waals surface area contributed by atoms with E-state index >= 15 is 0 Å². The lowest BCUT2D eigenvalue weighted by Gasteiger charge is -2.30. The monoisotopic (exact) mass is 469 g/mol. The number of phenols is 1. The van der Waals surface area contributed by atoms with E-state index in [2.05, 4.69) is 0 Å². The minimum atomic E-state index is -2.79. The van der Waals surface area contributed by atoms with Gasteiger partial charge in [0.25, 0.3) is 0 Å². The van der Waals surface area contributed by atoms with Crippen molar-refractivity contribution in [2.75, 3.05) is 32.9 Å². The molecule has 184 valence electrons. The van der Waals surface area contributed by atoms with E-state index in [4.69, 9.17) is 14.3 Å². The third-order valence-electron chi connectivity index (χ3n) is 5.37. The fraction of sp³-hybridized carbons (Fsp3) is 0.591.